The summed E-state index contributed by atoms with van der Waals surface area (Å²) in [5, 5.41) is 2.21. The largest absolute Gasteiger partial charge is 0.347 e. The van der Waals surface area contributed by atoms with Crippen LogP contribution in [-0.4, -0.2) is 27.8 Å². The molecule has 1 unspecified atom stereocenters. The molecule has 15 heavy (non-hydrogen) atoms. The van der Waals surface area contributed by atoms with Gasteiger partial charge in [-0.3, -0.25) is 0 Å². The minimum absolute atomic E-state index is 0.781. The number of alkyl halides is 1. The third-order valence-corrected chi connectivity index (χ3v) is 4.44. The Morgan fingerprint density at radius 1 is 1.60 bits per heavy atom. The van der Waals surface area contributed by atoms with Crippen LogP contribution in [0.5, 0.6) is 0 Å². The van der Waals surface area contributed by atoms with Crippen molar-refractivity contribution in [3.05, 3.63) is 5.82 Å². The standard InChI is InChI=1S/C10H16BrN3S/c1-2-3-9-12-10(15-13-9)14-5-4-8(6-11)7-14/h8H,2-7H2,1H3. The van der Waals surface area contributed by atoms with Crippen LogP contribution >= 0.6 is 27.5 Å². The third-order valence-electron chi connectivity index (χ3n) is 2.71. The fourth-order valence-corrected chi connectivity index (χ4v) is 3.11. The van der Waals surface area contributed by atoms with E-state index in [2.05, 4.69) is 37.1 Å². The number of hydrogen-bond donors (Lipinski definition) is 0. The summed E-state index contributed by atoms with van der Waals surface area (Å²) in [7, 11) is 0. The van der Waals surface area contributed by atoms with Gasteiger partial charge in [-0.1, -0.05) is 22.9 Å². The molecular formula is C10H16BrN3S. The highest BCUT2D eigenvalue weighted by Gasteiger charge is 2.23. The molecule has 1 aliphatic heterocycles. The minimum Gasteiger partial charge on any atom is -0.347 e. The van der Waals surface area contributed by atoms with Crippen LogP contribution in [0, 0.1) is 5.92 Å². The summed E-state index contributed by atoms with van der Waals surface area (Å²) in [5.74, 6) is 1.79. The molecule has 2 rings (SSSR count). The molecule has 1 aromatic heterocycles. The van der Waals surface area contributed by atoms with Crippen molar-refractivity contribution in [2.45, 2.75) is 26.2 Å². The van der Waals surface area contributed by atoms with Crippen LogP contribution in [0.3, 0.4) is 0 Å². The zero-order valence-electron chi connectivity index (χ0n) is 8.95. The van der Waals surface area contributed by atoms with Gasteiger partial charge in [-0.2, -0.15) is 4.37 Å². The maximum atomic E-state index is 4.57. The number of aromatic nitrogens is 2. The van der Waals surface area contributed by atoms with Crippen molar-refractivity contribution >= 4 is 32.6 Å². The van der Waals surface area contributed by atoms with Gasteiger partial charge in [-0.25, -0.2) is 4.98 Å². The van der Waals surface area contributed by atoms with Crippen molar-refractivity contribution in [2.24, 2.45) is 5.92 Å². The Balaban J connectivity index is 1.97. The van der Waals surface area contributed by atoms with Gasteiger partial charge < -0.3 is 4.90 Å². The van der Waals surface area contributed by atoms with Gasteiger partial charge >= 0.3 is 0 Å². The summed E-state index contributed by atoms with van der Waals surface area (Å²) >= 11 is 5.10. The van der Waals surface area contributed by atoms with E-state index >= 15 is 0 Å². The second-order valence-electron chi connectivity index (χ2n) is 4.00. The summed E-state index contributed by atoms with van der Waals surface area (Å²) in [6, 6.07) is 0. The van der Waals surface area contributed by atoms with Crippen LogP contribution in [0.25, 0.3) is 0 Å². The van der Waals surface area contributed by atoms with Crippen LogP contribution in [-0.2, 0) is 6.42 Å². The first-order valence-electron chi connectivity index (χ1n) is 5.47. The molecule has 1 atom stereocenters. The molecule has 0 N–H and O–H groups in total. The summed E-state index contributed by atoms with van der Waals surface area (Å²) in [6.07, 6.45) is 3.40. The van der Waals surface area contributed by atoms with Gasteiger partial charge in [0.2, 0.25) is 5.13 Å². The highest BCUT2D eigenvalue weighted by molar-refractivity contribution is 9.09. The molecule has 3 nitrogen and oxygen atoms in total. The Morgan fingerprint density at radius 2 is 2.47 bits per heavy atom. The molecule has 84 valence electrons. The molecule has 0 bridgehead atoms. The van der Waals surface area contributed by atoms with E-state index in [0.717, 1.165) is 48.1 Å². The fraction of sp³-hybridized carbons (Fsp3) is 0.800. The highest BCUT2D eigenvalue weighted by Crippen LogP contribution is 2.26. The zero-order valence-corrected chi connectivity index (χ0v) is 11.4. The lowest BCUT2D eigenvalue weighted by molar-refractivity contribution is 0.676. The predicted molar refractivity (Wildman–Crippen MR) is 68.0 cm³/mol. The molecular weight excluding hydrogens is 274 g/mol. The molecule has 0 spiro atoms. The van der Waals surface area contributed by atoms with E-state index in [0.29, 0.717) is 0 Å². The first kappa shape index (κ1) is 11.3. The Bertz CT molecular complexity index is 315. The molecule has 1 fully saturated rings. The van der Waals surface area contributed by atoms with Gasteiger partial charge in [0.15, 0.2) is 0 Å². The van der Waals surface area contributed by atoms with Gasteiger partial charge in [0, 0.05) is 36.4 Å². The van der Waals surface area contributed by atoms with Crippen LogP contribution in [0.4, 0.5) is 5.13 Å². The second kappa shape index (κ2) is 5.25. The smallest absolute Gasteiger partial charge is 0.205 e. The van der Waals surface area contributed by atoms with E-state index in [1.165, 1.54) is 6.42 Å². The van der Waals surface area contributed by atoms with Crippen LogP contribution < -0.4 is 4.90 Å². The Morgan fingerprint density at radius 3 is 3.13 bits per heavy atom. The summed E-state index contributed by atoms with van der Waals surface area (Å²) in [5.41, 5.74) is 0. The third kappa shape index (κ3) is 2.69. The lowest BCUT2D eigenvalue weighted by atomic mass is 10.2. The number of halogens is 1. The number of anilines is 1. The van der Waals surface area contributed by atoms with Crippen molar-refractivity contribution in [1.29, 1.82) is 0 Å². The summed E-state index contributed by atoms with van der Waals surface area (Å²) in [4.78, 5) is 6.93. The van der Waals surface area contributed by atoms with Gasteiger partial charge in [0.05, 0.1) is 0 Å². The molecule has 1 aliphatic rings. The van der Waals surface area contributed by atoms with E-state index in [4.69, 9.17) is 0 Å². The number of nitrogens with zero attached hydrogens (tertiary/aromatic N) is 3. The molecule has 0 aromatic carbocycles. The van der Waals surface area contributed by atoms with Crippen LogP contribution in [0.1, 0.15) is 25.6 Å². The van der Waals surface area contributed by atoms with Crippen molar-refractivity contribution < 1.29 is 0 Å². The molecule has 0 saturated carbocycles. The second-order valence-corrected chi connectivity index (χ2v) is 5.38. The quantitative estimate of drug-likeness (QED) is 0.798. The number of rotatable bonds is 4. The van der Waals surface area contributed by atoms with E-state index in [9.17, 15) is 0 Å². The lowest BCUT2D eigenvalue weighted by Crippen LogP contribution is -2.19. The first-order chi connectivity index (χ1) is 7.33. The van der Waals surface area contributed by atoms with Crippen molar-refractivity contribution in [2.75, 3.05) is 23.3 Å². The molecule has 0 amide bonds. The average Bonchev–Trinajstić information content (AvgIpc) is 2.85. The highest BCUT2D eigenvalue weighted by atomic mass is 79.9. The maximum absolute atomic E-state index is 4.57. The van der Waals surface area contributed by atoms with Crippen LogP contribution in [0.15, 0.2) is 0 Å². The zero-order chi connectivity index (χ0) is 10.7. The molecule has 1 saturated heterocycles. The fourth-order valence-electron chi connectivity index (χ4n) is 1.83. The van der Waals surface area contributed by atoms with E-state index < -0.39 is 0 Å². The summed E-state index contributed by atoms with van der Waals surface area (Å²) in [6.45, 7) is 4.43. The number of hydrogen-bond acceptors (Lipinski definition) is 4. The molecule has 1 aromatic rings. The van der Waals surface area contributed by atoms with E-state index in [1.54, 1.807) is 11.5 Å². The van der Waals surface area contributed by atoms with Crippen molar-refractivity contribution in [1.82, 2.24) is 9.36 Å². The topological polar surface area (TPSA) is 29.0 Å². The van der Waals surface area contributed by atoms with E-state index in [1.807, 2.05) is 0 Å². The number of aryl methyl sites for hydroxylation is 1. The molecule has 0 aliphatic carbocycles. The maximum Gasteiger partial charge on any atom is 0.205 e. The first-order valence-corrected chi connectivity index (χ1v) is 7.36. The summed E-state index contributed by atoms with van der Waals surface area (Å²) < 4.78 is 4.38. The minimum atomic E-state index is 0.781. The van der Waals surface area contributed by atoms with Gasteiger partial charge in [0.1, 0.15) is 5.82 Å². The van der Waals surface area contributed by atoms with E-state index in [-0.39, 0.29) is 0 Å². The van der Waals surface area contributed by atoms with Gasteiger partial charge in [-0.15, -0.1) is 0 Å². The van der Waals surface area contributed by atoms with Crippen molar-refractivity contribution in [3.8, 4) is 0 Å². The predicted octanol–water partition coefficient (Wildman–Crippen LogP) is 2.71. The molecule has 2 heterocycles. The molecule has 5 heteroatoms. The Labute approximate surface area is 103 Å². The normalized spacial score (nSPS) is 21.2. The van der Waals surface area contributed by atoms with Gasteiger partial charge in [-0.05, 0) is 18.8 Å². The van der Waals surface area contributed by atoms with Crippen molar-refractivity contribution in [3.63, 3.8) is 0 Å². The Hall–Kier alpha value is -0.160. The average molecular weight is 290 g/mol. The Kier molecular flexibility index (Phi) is 3.97. The van der Waals surface area contributed by atoms with Gasteiger partial charge in [0.25, 0.3) is 0 Å². The lowest BCUT2D eigenvalue weighted by Gasteiger charge is -2.12. The molecule has 0 radical (unpaired) electrons. The SMILES string of the molecule is CCCc1nsc(N2CCC(CBr)C2)n1. The monoisotopic (exact) mass is 289 g/mol. The van der Waals surface area contributed by atoms with Crippen LogP contribution in [0.2, 0.25) is 0 Å².